The molecule has 0 saturated heterocycles. The van der Waals surface area contributed by atoms with E-state index in [1.54, 1.807) is 11.5 Å². The average molecular weight is 233 g/mol. The Bertz CT molecular complexity index is 416. The van der Waals surface area contributed by atoms with Gasteiger partial charge in [0.2, 0.25) is 0 Å². The van der Waals surface area contributed by atoms with Crippen molar-refractivity contribution in [3.05, 3.63) is 23.0 Å². The van der Waals surface area contributed by atoms with E-state index in [-0.39, 0.29) is 11.6 Å². The van der Waals surface area contributed by atoms with Crippen LogP contribution in [0.1, 0.15) is 41.6 Å². The van der Waals surface area contributed by atoms with Gasteiger partial charge in [0, 0.05) is 23.0 Å². The Balaban J connectivity index is 3.29. The van der Waals surface area contributed by atoms with Crippen molar-refractivity contribution in [2.24, 2.45) is 0 Å². The minimum atomic E-state index is -4.81. The van der Waals surface area contributed by atoms with E-state index in [4.69, 9.17) is 0 Å². The van der Waals surface area contributed by atoms with Crippen molar-refractivity contribution in [3.63, 3.8) is 0 Å². The number of ketones is 1. The molecule has 0 fully saturated rings. The van der Waals surface area contributed by atoms with Crippen molar-refractivity contribution in [2.45, 2.75) is 39.9 Å². The van der Waals surface area contributed by atoms with Gasteiger partial charge in [0.25, 0.3) is 5.78 Å². The van der Waals surface area contributed by atoms with E-state index in [0.29, 0.717) is 11.4 Å². The van der Waals surface area contributed by atoms with Crippen LogP contribution in [0.5, 0.6) is 0 Å². The lowest BCUT2D eigenvalue weighted by Crippen LogP contribution is -2.23. The first-order valence-electron chi connectivity index (χ1n) is 4.96. The van der Waals surface area contributed by atoms with Gasteiger partial charge in [-0.05, 0) is 33.8 Å². The number of carbonyl (C=O) groups excluding carboxylic acids is 1. The fraction of sp³-hybridized carbons (Fsp3) is 0.545. The minimum Gasteiger partial charge on any atom is -0.346 e. The summed E-state index contributed by atoms with van der Waals surface area (Å²) in [6, 6.07) is 1.33. The first kappa shape index (κ1) is 12.8. The van der Waals surface area contributed by atoms with Crippen LogP contribution in [0.3, 0.4) is 0 Å². The zero-order chi connectivity index (χ0) is 12.7. The van der Waals surface area contributed by atoms with E-state index in [1.807, 2.05) is 13.8 Å². The summed E-state index contributed by atoms with van der Waals surface area (Å²) in [5.74, 6) is -1.77. The van der Waals surface area contributed by atoms with Gasteiger partial charge in [-0.2, -0.15) is 13.2 Å². The average Bonchev–Trinajstić information content (AvgIpc) is 2.38. The molecular weight excluding hydrogens is 219 g/mol. The molecule has 5 heteroatoms. The van der Waals surface area contributed by atoms with Crippen molar-refractivity contribution in [1.82, 2.24) is 4.57 Å². The number of carbonyl (C=O) groups is 1. The number of hydrogen-bond donors (Lipinski definition) is 0. The van der Waals surface area contributed by atoms with Crippen molar-refractivity contribution >= 4 is 5.78 Å². The van der Waals surface area contributed by atoms with Crippen LogP contribution in [0.25, 0.3) is 0 Å². The fourth-order valence-electron chi connectivity index (χ4n) is 1.95. The number of Topliss-reactive ketones (excluding diaryl/α,β-unsaturated/α-hetero) is 1. The summed E-state index contributed by atoms with van der Waals surface area (Å²) in [6.45, 7) is 6.95. The Labute approximate surface area is 92.1 Å². The Kier molecular flexibility index (Phi) is 3.17. The first-order chi connectivity index (χ1) is 7.16. The van der Waals surface area contributed by atoms with Gasteiger partial charge in [-0.15, -0.1) is 0 Å². The van der Waals surface area contributed by atoms with Crippen LogP contribution in [-0.2, 0) is 0 Å². The lowest BCUT2D eigenvalue weighted by Gasteiger charge is -2.13. The molecule has 0 aliphatic heterocycles. The minimum absolute atomic E-state index is 0.0368. The van der Waals surface area contributed by atoms with Gasteiger partial charge in [-0.3, -0.25) is 4.79 Å². The van der Waals surface area contributed by atoms with E-state index in [0.717, 1.165) is 0 Å². The summed E-state index contributed by atoms with van der Waals surface area (Å²) in [7, 11) is 0. The van der Waals surface area contributed by atoms with E-state index in [1.165, 1.54) is 13.0 Å². The van der Waals surface area contributed by atoms with Crippen LogP contribution in [0.2, 0.25) is 0 Å². The van der Waals surface area contributed by atoms with E-state index in [9.17, 15) is 18.0 Å². The maximum atomic E-state index is 12.3. The van der Waals surface area contributed by atoms with Gasteiger partial charge in [-0.1, -0.05) is 0 Å². The highest BCUT2D eigenvalue weighted by Crippen LogP contribution is 2.27. The molecule has 1 aromatic heterocycles. The summed E-state index contributed by atoms with van der Waals surface area (Å²) in [5, 5.41) is 0. The lowest BCUT2D eigenvalue weighted by atomic mass is 10.1. The van der Waals surface area contributed by atoms with Crippen molar-refractivity contribution in [1.29, 1.82) is 0 Å². The molecule has 0 N–H and O–H groups in total. The molecule has 0 atom stereocenters. The standard InChI is InChI=1S/C11H14F3NO/c1-6(2)15-7(3)5-9(8(15)4)10(16)11(12,13)14/h5-6H,1-4H3. The molecule has 1 aromatic rings. The third-order valence-electron chi connectivity index (χ3n) is 2.50. The molecule has 0 aliphatic rings. The molecule has 0 saturated carbocycles. The quantitative estimate of drug-likeness (QED) is 0.717. The number of aromatic nitrogens is 1. The van der Waals surface area contributed by atoms with Crippen LogP contribution in [-0.4, -0.2) is 16.5 Å². The Hall–Kier alpha value is -1.26. The first-order valence-corrected chi connectivity index (χ1v) is 4.96. The zero-order valence-electron chi connectivity index (χ0n) is 9.64. The van der Waals surface area contributed by atoms with Crippen LogP contribution < -0.4 is 0 Å². The highest BCUT2D eigenvalue weighted by Gasteiger charge is 2.41. The van der Waals surface area contributed by atoms with Crippen LogP contribution in [0, 0.1) is 13.8 Å². The van der Waals surface area contributed by atoms with Gasteiger partial charge in [0.1, 0.15) is 0 Å². The molecule has 0 unspecified atom stereocenters. The molecule has 16 heavy (non-hydrogen) atoms. The predicted molar refractivity (Wildman–Crippen MR) is 54.7 cm³/mol. The van der Waals surface area contributed by atoms with Crippen molar-refractivity contribution in [2.75, 3.05) is 0 Å². The highest BCUT2D eigenvalue weighted by atomic mass is 19.4. The fourth-order valence-corrected chi connectivity index (χ4v) is 1.95. The molecule has 90 valence electrons. The van der Waals surface area contributed by atoms with Gasteiger partial charge in [0.15, 0.2) is 0 Å². The van der Waals surface area contributed by atoms with Crippen molar-refractivity contribution in [3.8, 4) is 0 Å². The Morgan fingerprint density at radius 2 is 1.81 bits per heavy atom. The van der Waals surface area contributed by atoms with Gasteiger partial charge in [-0.25, -0.2) is 0 Å². The van der Waals surface area contributed by atoms with Crippen LogP contribution in [0.4, 0.5) is 13.2 Å². The number of aryl methyl sites for hydroxylation is 1. The maximum absolute atomic E-state index is 12.3. The molecule has 1 heterocycles. The number of rotatable bonds is 2. The molecule has 0 aromatic carbocycles. The molecule has 0 radical (unpaired) electrons. The summed E-state index contributed by atoms with van der Waals surface area (Å²) in [4.78, 5) is 11.1. The summed E-state index contributed by atoms with van der Waals surface area (Å²) in [5.41, 5.74) is 0.786. The van der Waals surface area contributed by atoms with Crippen molar-refractivity contribution < 1.29 is 18.0 Å². The SMILES string of the molecule is Cc1cc(C(=O)C(F)(F)F)c(C)n1C(C)C. The van der Waals surface area contributed by atoms with Gasteiger partial charge >= 0.3 is 6.18 Å². The maximum Gasteiger partial charge on any atom is 0.454 e. The third kappa shape index (κ3) is 2.13. The van der Waals surface area contributed by atoms with E-state index < -0.39 is 12.0 Å². The van der Waals surface area contributed by atoms with E-state index in [2.05, 4.69) is 0 Å². The normalized spacial score (nSPS) is 12.2. The molecule has 0 bridgehead atoms. The second kappa shape index (κ2) is 3.96. The zero-order valence-corrected chi connectivity index (χ0v) is 9.64. The second-order valence-corrected chi connectivity index (χ2v) is 4.08. The summed E-state index contributed by atoms with van der Waals surface area (Å²) in [6.07, 6.45) is -4.81. The largest absolute Gasteiger partial charge is 0.454 e. The molecule has 0 aliphatic carbocycles. The van der Waals surface area contributed by atoms with E-state index >= 15 is 0 Å². The summed E-state index contributed by atoms with van der Waals surface area (Å²) >= 11 is 0. The van der Waals surface area contributed by atoms with Gasteiger partial charge in [0.05, 0.1) is 0 Å². The van der Waals surface area contributed by atoms with Crippen LogP contribution >= 0.6 is 0 Å². The number of alkyl halides is 3. The molecule has 0 spiro atoms. The summed E-state index contributed by atoms with van der Waals surface area (Å²) < 4.78 is 38.6. The number of halogens is 3. The lowest BCUT2D eigenvalue weighted by molar-refractivity contribution is -0.0885. The molecule has 2 nitrogen and oxygen atoms in total. The molecular formula is C11H14F3NO. The Morgan fingerprint density at radius 1 is 1.31 bits per heavy atom. The molecule has 0 amide bonds. The second-order valence-electron chi connectivity index (χ2n) is 4.08. The Morgan fingerprint density at radius 3 is 2.12 bits per heavy atom. The third-order valence-corrected chi connectivity index (χ3v) is 2.50. The topological polar surface area (TPSA) is 22.0 Å². The smallest absolute Gasteiger partial charge is 0.346 e. The van der Waals surface area contributed by atoms with Gasteiger partial charge < -0.3 is 4.57 Å². The predicted octanol–water partition coefficient (Wildman–Crippen LogP) is 3.43. The number of nitrogens with zero attached hydrogens (tertiary/aromatic N) is 1. The highest BCUT2D eigenvalue weighted by molar-refractivity contribution is 6.01. The monoisotopic (exact) mass is 233 g/mol. The van der Waals surface area contributed by atoms with Crippen LogP contribution in [0.15, 0.2) is 6.07 Å². The molecule has 1 rings (SSSR count). The number of hydrogen-bond acceptors (Lipinski definition) is 1.